The molecule has 0 fully saturated rings. The van der Waals surface area contributed by atoms with Crippen molar-refractivity contribution >= 4 is 17.2 Å². The van der Waals surface area contributed by atoms with Crippen LogP contribution in [0, 0.1) is 0 Å². The molecule has 0 aliphatic heterocycles. The Balaban J connectivity index is 1.92. The summed E-state index contributed by atoms with van der Waals surface area (Å²) in [5, 5.41) is 13.5. The third-order valence-electron chi connectivity index (χ3n) is 2.54. The number of rotatable bonds is 3. The molecule has 0 bridgehead atoms. The fourth-order valence-electron chi connectivity index (χ4n) is 1.63. The molecular formula is C10H11N7O. The molecule has 0 saturated heterocycles. The van der Waals surface area contributed by atoms with Crippen molar-refractivity contribution < 1.29 is 0 Å². The number of aromatic nitrogens is 6. The molecule has 0 unspecified atom stereocenters. The third-order valence-corrected chi connectivity index (χ3v) is 2.54. The number of hydrogen-bond acceptors (Lipinski definition) is 5. The number of fused-ring (bicyclic) bond motifs is 1. The molecule has 18 heavy (non-hydrogen) atoms. The van der Waals surface area contributed by atoms with Crippen molar-refractivity contribution in [1.29, 1.82) is 0 Å². The summed E-state index contributed by atoms with van der Waals surface area (Å²) in [5.41, 5.74) is 1.05. The van der Waals surface area contributed by atoms with E-state index >= 15 is 0 Å². The average molecular weight is 245 g/mol. The molecule has 0 aliphatic rings. The Morgan fingerprint density at radius 2 is 2.39 bits per heavy atom. The van der Waals surface area contributed by atoms with Crippen molar-refractivity contribution in [3.05, 3.63) is 35.3 Å². The van der Waals surface area contributed by atoms with Gasteiger partial charge in [0.05, 0.1) is 11.9 Å². The molecule has 3 aromatic rings. The van der Waals surface area contributed by atoms with Crippen LogP contribution in [0.15, 0.2) is 29.6 Å². The Morgan fingerprint density at radius 1 is 1.50 bits per heavy atom. The molecule has 0 saturated carbocycles. The van der Waals surface area contributed by atoms with Gasteiger partial charge in [0, 0.05) is 18.8 Å². The van der Waals surface area contributed by atoms with Gasteiger partial charge in [0.2, 0.25) is 0 Å². The van der Waals surface area contributed by atoms with Gasteiger partial charge in [0.15, 0.2) is 5.65 Å². The topological polar surface area (TPSA) is 92.9 Å². The highest BCUT2D eigenvalue weighted by Gasteiger charge is 2.03. The molecule has 0 spiro atoms. The lowest BCUT2D eigenvalue weighted by atomic mass is 10.5. The minimum Gasteiger partial charge on any atom is -0.338 e. The zero-order chi connectivity index (χ0) is 12.5. The highest BCUT2D eigenvalue weighted by Crippen LogP contribution is 2.13. The summed E-state index contributed by atoms with van der Waals surface area (Å²) in [5.74, 6) is 0.608. The summed E-state index contributed by atoms with van der Waals surface area (Å²) in [6.07, 6.45) is 5.02. The normalized spacial score (nSPS) is 10.9. The molecule has 3 rings (SSSR count). The average Bonchev–Trinajstić information content (AvgIpc) is 2.97. The summed E-state index contributed by atoms with van der Waals surface area (Å²) < 4.78 is 3.14. The number of nitrogens with one attached hydrogen (secondary N) is 2. The van der Waals surface area contributed by atoms with Crippen LogP contribution >= 0.6 is 0 Å². The van der Waals surface area contributed by atoms with Gasteiger partial charge in [-0.25, -0.2) is 19.3 Å². The second-order valence-electron chi connectivity index (χ2n) is 3.74. The van der Waals surface area contributed by atoms with E-state index in [4.69, 9.17) is 0 Å². The summed E-state index contributed by atoms with van der Waals surface area (Å²) in [7, 11) is 0. The van der Waals surface area contributed by atoms with E-state index in [0.29, 0.717) is 11.5 Å². The number of hydrogen-bond donors (Lipinski definition) is 2. The first-order valence-corrected chi connectivity index (χ1v) is 5.48. The van der Waals surface area contributed by atoms with Crippen LogP contribution in [0.2, 0.25) is 0 Å². The highest BCUT2D eigenvalue weighted by atomic mass is 16.1. The van der Waals surface area contributed by atoms with Crippen molar-refractivity contribution in [3.8, 4) is 0 Å². The third kappa shape index (κ3) is 1.73. The molecule has 0 aromatic carbocycles. The van der Waals surface area contributed by atoms with Gasteiger partial charge in [-0.05, 0) is 6.92 Å². The number of aromatic amines is 1. The van der Waals surface area contributed by atoms with Crippen LogP contribution in [-0.4, -0.2) is 29.4 Å². The van der Waals surface area contributed by atoms with Crippen LogP contribution in [0.25, 0.3) is 5.65 Å². The van der Waals surface area contributed by atoms with E-state index in [1.165, 1.54) is 10.7 Å². The van der Waals surface area contributed by atoms with Crippen molar-refractivity contribution in [2.24, 2.45) is 0 Å². The van der Waals surface area contributed by atoms with Crippen LogP contribution in [0.1, 0.15) is 6.92 Å². The molecule has 8 nitrogen and oxygen atoms in total. The van der Waals surface area contributed by atoms with Gasteiger partial charge in [-0.15, -0.1) is 0 Å². The maximum absolute atomic E-state index is 11.3. The zero-order valence-electron chi connectivity index (χ0n) is 9.66. The lowest BCUT2D eigenvalue weighted by Crippen LogP contribution is -2.09. The Hall–Kier alpha value is -2.64. The predicted molar refractivity (Wildman–Crippen MR) is 64.8 cm³/mol. The van der Waals surface area contributed by atoms with Crippen molar-refractivity contribution in [1.82, 2.24) is 29.4 Å². The molecule has 0 radical (unpaired) electrons. The molecule has 92 valence electrons. The van der Waals surface area contributed by atoms with Crippen molar-refractivity contribution in [2.75, 3.05) is 5.32 Å². The first-order chi connectivity index (χ1) is 8.76. The van der Waals surface area contributed by atoms with Crippen LogP contribution in [0.5, 0.6) is 0 Å². The maximum Gasteiger partial charge on any atom is 0.348 e. The van der Waals surface area contributed by atoms with Crippen molar-refractivity contribution in [2.45, 2.75) is 13.5 Å². The fraction of sp³-hybridized carbons (Fsp3) is 0.200. The van der Waals surface area contributed by atoms with Gasteiger partial charge in [0.1, 0.15) is 12.1 Å². The second kappa shape index (κ2) is 3.99. The van der Waals surface area contributed by atoms with E-state index in [0.717, 1.165) is 12.2 Å². The summed E-state index contributed by atoms with van der Waals surface area (Å²) >= 11 is 0. The maximum atomic E-state index is 11.3. The van der Waals surface area contributed by atoms with Crippen LogP contribution < -0.4 is 11.0 Å². The molecule has 8 heteroatoms. The van der Waals surface area contributed by atoms with E-state index in [9.17, 15) is 4.79 Å². The lowest BCUT2D eigenvalue weighted by Gasteiger charge is -2.01. The first-order valence-electron chi connectivity index (χ1n) is 5.48. The van der Waals surface area contributed by atoms with Gasteiger partial charge in [-0.3, -0.25) is 4.68 Å². The molecule has 0 amide bonds. The summed E-state index contributed by atoms with van der Waals surface area (Å²) in [4.78, 5) is 15.4. The number of nitrogens with zero attached hydrogens (tertiary/aromatic N) is 5. The Kier molecular flexibility index (Phi) is 2.33. The minimum absolute atomic E-state index is 0.303. The SMILES string of the molecule is CCn1cc(Nc2cc3n[nH]c(=O)n3cn2)cn1. The molecule has 0 aliphatic carbocycles. The highest BCUT2D eigenvalue weighted by molar-refractivity contribution is 5.58. The molecule has 3 heterocycles. The first kappa shape index (κ1) is 10.5. The smallest absolute Gasteiger partial charge is 0.338 e. The minimum atomic E-state index is -0.303. The largest absolute Gasteiger partial charge is 0.348 e. The van der Waals surface area contributed by atoms with Crippen LogP contribution in [0.3, 0.4) is 0 Å². The van der Waals surface area contributed by atoms with Gasteiger partial charge < -0.3 is 5.32 Å². The summed E-state index contributed by atoms with van der Waals surface area (Å²) in [6, 6.07) is 1.68. The molecule has 0 atom stereocenters. The fourth-order valence-corrected chi connectivity index (χ4v) is 1.63. The monoisotopic (exact) mass is 245 g/mol. The van der Waals surface area contributed by atoms with Crippen LogP contribution in [-0.2, 0) is 6.54 Å². The van der Waals surface area contributed by atoms with E-state index in [1.807, 2.05) is 13.1 Å². The number of H-pyrrole nitrogens is 1. The summed E-state index contributed by atoms with van der Waals surface area (Å²) in [6.45, 7) is 2.82. The standard InChI is InChI=1S/C10H11N7O/c1-2-16-5-7(4-12-16)13-8-3-9-14-15-10(18)17(9)6-11-8/h3-6,13H,2H2,1H3,(H,15,18). The van der Waals surface area contributed by atoms with Gasteiger partial charge >= 0.3 is 5.69 Å². The van der Waals surface area contributed by atoms with Gasteiger partial charge in [-0.2, -0.15) is 10.2 Å². The Bertz CT molecular complexity index is 738. The van der Waals surface area contributed by atoms with Crippen molar-refractivity contribution in [3.63, 3.8) is 0 Å². The second-order valence-corrected chi connectivity index (χ2v) is 3.74. The van der Waals surface area contributed by atoms with Crippen LogP contribution in [0.4, 0.5) is 11.5 Å². The molecular weight excluding hydrogens is 234 g/mol. The Morgan fingerprint density at radius 3 is 3.17 bits per heavy atom. The molecule has 2 N–H and O–H groups in total. The number of anilines is 2. The van der Waals surface area contributed by atoms with Gasteiger partial charge in [-0.1, -0.05) is 0 Å². The van der Waals surface area contributed by atoms with E-state index in [2.05, 4.69) is 25.6 Å². The van der Waals surface area contributed by atoms with E-state index < -0.39 is 0 Å². The predicted octanol–water partition coefficient (Wildman–Crippen LogP) is 0.378. The Labute approximate surface area is 101 Å². The van der Waals surface area contributed by atoms with E-state index in [1.54, 1.807) is 16.9 Å². The molecule has 3 aromatic heterocycles. The van der Waals surface area contributed by atoms with E-state index in [-0.39, 0.29) is 5.69 Å². The zero-order valence-corrected chi connectivity index (χ0v) is 9.66. The quantitative estimate of drug-likeness (QED) is 0.695. The van der Waals surface area contributed by atoms with Gasteiger partial charge in [0.25, 0.3) is 0 Å². The lowest BCUT2D eigenvalue weighted by molar-refractivity contribution is 0.660. The number of aryl methyl sites for hydroxylation is 1.